The fourth-order valence-corrected chi connectivity index (χ4v) is 7.71. The van der Waals surface area contributed by atoms with E-state index in [1.807, 2.05) is 48.6 Å². The maximum absolute atomic E-state index is 13.3. The SMILES string of the molecule is CC/C=C/C=C/C=C\C=C/CCCCC(O)C(=O)NC(COC1OC(CO)C(O)C(O)C1OC(=O)CCCCC/C=C\CCCCCCCC)C(O)/C=C/CCCCCCCCCCCC. The van der Waals surface area contributed by atoms with Gasteiger partial charge in [-0.15, -0.1) is 0 Å². The molecule has 66 heavy (non-hydrogen) atoms. The maximum Gasteiger partial charge on any atom is 0.306 e. The second kappa shape index (κ2) is 43.4. The van der Waals surface area contributed by atoms with Gasteiger partial charge in [-0.1, -0.05) is 196 Å². The highest BCUT2D eigenvalue weighted by molar-refractivity contribution is 5.80. The van der Waals surface area contributed by atoms with Gasteiger partial charge in [0.15, 0.2) is 12.4 Å². The molecule has 0 bridgehead atoms. The van der Waals surface area contributed by atoms with Crippen LogP contribution in [0.15, 0.2) is 72.9 Å². The maximum atomic E-state index is 13.3. The molecule has 0 aromatic heterocycles. The second-order valence-corrected chi connectivity index (χ2v) is 18.0. The molecule has 11 nitrogen and oxygen atoms in total. The van der Waals surface area contributed by atoms with E-state index in [-0.39, 0.29) is 19.4 Å². The predicted molar refractivity (Wildman–Crippen MR) is 269 cm³/mol. The molecular weight excluding hydrogens is 835 g/mol. The van der Waals surface area contributed by atoms with Crippen LogP contribution in [0, 0.1) is 0 Å². The molecule has 8 atom stereocenters. The van der Waals surface area contributed by atoms with Gasteiger partial charge in [0.1, 0.15) is 24.4 Å². The number of rotatable bonds is 42. The second-order valence-electron chi connectivity index (χ2n) is 18.0. The summed E-state index contributed by atoms with van der Waals surface area (Å²) in [6.07, 6.45) is 42.5. The van der Waals surface area contributed by atoms with Crippen molar-refractivity contribution >= 4 is 11.9 Å². The standard InChI is InChI=1S/C55H95NO10/c1-4-7-10-13-16-19-22-25-28-31-34-37-40-43-50(60)66-53-52(62)51(61)49(44-57)65-55(53)64-45-46(47(58)41-38-35-32-29-26-23-20-17-14-11-8-5-2)56-54(63)48(59)42-39-36-33-30-27-24-21-18-15-12-9-6-3/h9,12,15,18,21,24-25,27-28,30,38,41,46-49,51-53,55,57-59,61-62H,4-8,10-11,13-14,16-17,19-20,22-23,26,29,31-37,39-40,42-45H2,1-3H3,(H,56,63)/b12-9+,18-15+,24-21-,28-25-,30-27-,41-38+. The lowest BCUT2D eigenvalue weighted by atomic mass is 9.99. The lowest BCUT2D eigenvalue weighted by molar-refractivity contribution is -0.305. The lowest BCUT2D eigenvalue weighted by Gasteiger charge is -2.41. The Bertz CT molecular complexity index is 1340. The molecule has 1 saturated heterocycles. The monoisotopic (exact) mass is 930 g/mol. The van der Waals surface area contributed by atoms with Gasteiger partial charge in [-0.25, -0.2) is 0 Å². The number of allylic oxidation sites excluding steroid dienone is 11. The number of nitrogens with one attached hydrogen (secondary N) is 1. The molecule has 1 aliphatic heterocycles. The van der Waals surface area contributed by atoms with Gasteiger partial charge < -0.3 is 45.1 Å². The number of carbonyl (C=O) groups is 2. The molecule has 6 N–H and O–H groups in total. The molecule has 1 aliphatic rings. The number of unbranched alkanes of at least 4 members (excludes halogenated alkanes) is 21. The first-order valence-electron chi connectivity index (χ1n) is 26.3. The quantitative estimate of drug-likeness (QED) is 0.0150. The fraction of sp³-hybridized carbons (Fsp3) is 0.745. The zero-order valence-electron chi connectivity index (χ0n) is 41.5. The number of aliphatic hydroxyl groups is 5. The highest BCUT2D eigenvalue weighted by Gasteiger charge is 2.47. The third-order valence-corrected chi connectivity index (χ3v) is 11.9. The van der Waals surface area contributed by atoms with Crippen molar-refractivity contribution < 1.29 is 49.3 Å². The summed E-state index contributed by atoms with van der Waals surface area (Å²) in [5, 5.41) is 56.5. The highest BCUT2D eigenvalue weighted by atomic mass is 16.7. The van der Waals surface area contributed by atoms with Gasteiger partial charge in [0.05, 0.1) is 25.4 Å². The Hall–Kier alpha value is -2.90. The summed E-state index contributed by atoms with van der Waals surface area (Å²) < 4.78 is 17.5. The summed E-state index contributed by atoms with van der Waals surface area (Å²) in [5.74, 6) is -1.26. The first kappa shape index (κ1) is 61.1. The normalized spacial score (nSPS) is 20.8. The Kier molecular flexibility index (Phi) is 40.2. The fourth-order valence-electron chi connectivity index (χ4n) is 7.71. The van der Waals surface area contributed by atoms with E-state index >= 15 is 0 Å². The molecule has 1 rings (SSSR count). The number of hydrogen-bond donors (Lipinski definition) is 6. The number of carbonyl (C=O) groups excluding carboxylic acids is 2. The number of aliphatic hydroxyl groups excluding tert-OH is 5. The zero-order chi connectivity index (χ0) is 48.3. The van der Waals surface area contributed by atoms with E-state index in [0.717, 1.165) is 70.6 Å². The van der Waals surface area contributed by atoms with Crippen molar-refractivity contribution in [1.29, 1.82) is 0 Å². The number of hydrogen-bond acceptors (Lipinski definition) is 10. The molecule has 1 amide bonds. The number of ether oxygens (including phenoxy) is 3. The van der Waals surface area contributed by atoms with Crippen molar-refractivity contribution in [2.45, 2.75) is 250 Å². The molecule has 380 valence electrons. The molecule has 0 aromatic carbocycles. The van der Waals surface area contributed by atoms with Gasteiger partial charge >= 0.3 is 5.97 Å². The third kappa shape index (κ3) is 32.0. The number of amides is 1. The summed E-state index contributed by atoms with van der Waals surface area (Å²) in [4.78, 5) is 26.3. The minimum atomic E-state index is -1.63. The van der Waals surface area contributed by atoms with Gasteiger partial charge in [0, 0.05) is 6.42 Å². The molecule has 0 spiro atoms. The van der Waals surface area contributed by atoms with Gasteiger partial charge in [-0.2, -0.15) is 0 Å². The van der Waals surface area contributed by atoms with Crippen LogP contribution in [0.2, 0.25) is 0 Å². The Morgan fingerprint density at radius 1 is 0.606 bits per heavy atom. The highest BCUT2D eigenvalue weighted by Crippen LogP contribution is 2.26. The van der Waals surface area contributed by atoms with Gasteiger partial charge in [-0.05, 0) is 70.6 Å². The van der Waals surface area contributed by atoms with Crippen LogP contribution in [-0.4, -0.2) is 99.6 Å². The topological polar surface area (TPSA) is 175 Å². The Morgan fingerprint density at radius 2 is 1.11 bits per heavy atom. The summed E-state index contributed by atoms with van der Waals surface area (Å²) in [6, 6.07) is -1.05. The molecule has 0 saturated carbocycles. The van der Waals surface area contributed by atoms with Crippen molar-refractivity contribution in [2.24, 2.45) is 0 Å². The van der Waals surface area contributed by atoms with Crippen molar-refractivity contribution in [1.82, 2.24) is 5.32 Å². The molecular formula is C55H95NO10. The predicted octanol–water partition coefficient (Wildman–Crippen LogP) is 10.9. The molecule has 1 fully saturated rings. The van der Waals surface area contributed by atoms with Crippen LogP contribution in [0.3, 0.4) is 0 Å². The largest absolute Gasteiger partial charge is 0.454 e. The molecule has 0 aliphatic carbocycles. The van der Waals surface area contributed by atoms with E-state index in [1.165, 1.54) is 83.5 Å². The Balaban J connectivity index is 2.83. The molecule has 11 heteroatoms. The smallest absolute Gasteiger partial charge is 0.306 e. The van der Waals surface area contributed by atoms with Crippen LogP contribution in [0.5, 0.6) is 0 Å². The summed E-state index contributed by atoms with van der Waals surface area (Å²) >= 11 is 0. The number of esters is 1. The van der Waals surface area contributed by atoms with Gasteiger partial charge in [-0.3, -0.25) is 9.59 Å². The van der Waals surface area contributed by atoms with Crippen molar-refractivity contribution in [2.75, 3.05) is 13.2 Å². The van der Waals surface area contributed by atoms with Crippen LogP contribution in [0.25, 0.3) is 0 Å². The third-order valence-electron chi connectivity index (χ3n) is 11.9. The van der Waals surface area contributed by atoms with Crippen LogP contribution < -0.4 is 5.32 Å². The Morgan fingerprint density at radius 3 is 1.68 bits per heavy atom. The van der Waals surface area contributed by atoms with Crippen molar-refractivity contribution in [3.8, 4) is 0 Å². The average Bonchev–Trinajstić information content (AvgIpc) is 3.31. The summed E-state index contributed by atoms with van der Waals surface area (Å²) in [6.45, 7) is 5.56. The van der Waals surface area contributed by atoms with E-state index in [1.54, 1.807) is 6.08 Å². The van der Waals surface area contributed by atoms with Crippen LogP contribution in [-0.2, 0) is 23.8 Å². The average molecular weight is 930 g/mol. The molecule has 1 heterocycles. The van der Waals surface area contributed by atoms with E-state index < -0.39 is 67.4 Å². The van der Waals surface area contributed by atoms with Crippen molar-refractivity contribution in [3.05, 3.63) is 72.9 Å². The van der Waals surface area contributed by atoms with Crippen LogP contribution in [0.1, 0.15) is 201 Å². The van der Waals surface area contributed by atoms with Crippen LogP contribution in [0.4, 0.5) is 0 Å². The molecule has 8 unspecified atom stereocenters. The summed E-state index contributed by atoms with van der Waals surface area (Å²) in [5.41, 5.74) is 0. The molecule has 0 radical (unpaired) electrons. The summed E-state index contributed by atoms with van der Waals surface area (Å²) in [7, 11) is 0. The zero-order valence-corrected chi connectivity index (χ0v) is 41.5. The van der Waals surface area contributed by atoms with Crippen molar-refractivity contribution in [3.63, 3.8) is 0 Å². The van der Waals surface area contributed by atoms with Crippen LogP contribution >= 0.6 is 0 Å². The first-order valence-corrected chi connectivity index (χ1v) is 26.3. The van der Waals surface area contributed by atoms with Gasteiger partial charge in [0.2, 0.25) is 5.91 Å². The minimum absolute atomic E-state index is 0.0954. The first-order chi connectivity index (χ1) is 32.2. The van der Waals surface area contributed by atoms with E-state index in [9.17, 15) is 35.1 Å². The van der Waals surface area contributed by atoms with E-state index in [0.29, 0.717) is 12.8 Å². The Labute approximate surface area is 400 Å². The molecule has 0 aromatic rings. The lowest BCUT2D eigenvalue weighted by Crippen LogP contribution is -2.61. The van der Waals surface area contributed by atoms with E-state index in [4.69, 9.17) is 14.2 Å². The van der Waals surface area contributed by atoms with Gasteiger partial charge in [0.25, 0.3) is 0 Å². The minimum Gasteiger partial charge on any atom is -0.454 e. The van der Waals surface area contributed by atoms with E-state index in [2.05, 4.69) is 44.3 Å².